The Kier molecular flexibility index (Phi) is 4.07. The predicted octanol–water partition coefficient (Wildman–Crippen LogP) is 2.11. The summed E-state index contributed by atoms with van der Waals surface area (Å²) in [5.41, 5.74) is 4.40. The van der Waals surface area contributed by atoms with E-state index in [-0.39, 0.29) is 5.91 Å². The van der Waals surface area contributed by atoms with Crippen LogP contribution in [0.1, 0.15) is 16.7 Å². The van der Waals surface area contributed by atoms with Gasteiger partial charge in [-0.2, -0.15) is 0 Å². The molecule has 3 nitrogen and oxygen atoms in total. The lowest BCUT2D eigenvalue weighted by Gasteiger charge is -2.14. The number of hydrogen-bond acceptors (Lipinski definition) is 2. The summed E-state index contributed by atoms with van der Waals surface area (Å²) in [6.07, 6.45) is 0. The summed E-state index contributed by atoms with van der Waals surface area (Å²) < 4.78 is 0. The van der Waals surface area contributed by atoms with Gasteiger partial charge in [0, 0.05) is 5.69 Å². The zero-order valence-corrected chi connectivity index (χ0v) is 10.7. The van der Waals surface area contributed by atoms with Crippen LogP contribution >= 0.6 is 0 Å². The highest BCUT2D eigenvalue weighted by Crippen LogP contribution is 2.21. The molecular formula is C13H20N2O. The fourth-order valence-electron chi connectivity index (χ4n) is 1.84. The maximum Gasteiger partial charge on any atom is 0.238 e. The molecule has 0 saturated heterocycles. The summed E-state index contributed by atoms with van der Waals surface area (Å²) >= 11 is 0. The SMILES string of the molecule is Cc1cc(C)c(NC(=O)CN(C)C)c(C)c1. The number of nitrogens with one attached hydrogen (secondary N) is 1. The Balaban J connectivity index is 2.85. The van der Waals surface area contributed by atoms with Gasteiger partial charge in [0.15, 0.2) is 0 Å². The normalized spacial score (nSPS) is 10.6. The van der Waals surface area contributed by atoms with E-state index in [1.165, 1.54) is 5.56 Å². The highest BCUT2D eigenvalue weighted by atomic mass is 16.2. The molecule has 1 N–H and O–H groups in total. The molecule has 0 bridgehead atoms. The maximum absolute atomic E-state index is 11.7. The van der Waals surface area contributed by atoms with Crippen LogP contribution in [0.2, 0.25) is 0 Å². The minimum Gasteiger partial charge on any atom is -0.324 e. The van der Waals surface area contributed by atoms with E-state index in [1.807, 2.05) is 32.8 Å². The van der Waals surface area contributed by atoms with E-state index in [9.17, 15) is 4.79 Å². The second-order valence-corrected chi connectivity index (χ2v) is 4.56. The largest absolute Gasteiger partial charge is 0.324 e. The molecule has 0 saturated carbocycles. The molecule has 88 valence electrons. The summed E-state index contributed by atoms with van der Waals surface area (Å²) in [6.45, 7) is 6.51. The zero-order valence-electron chi connectivity index (χ0n) is 10.7. The van der Waals surface area contributed by atoms with Gasteiger partial charge in [0.1, 0.15) is 0 Å². The number of carbonyl (C=O) groups is 1. The van der Waals surface area contributed by atoms with Crippen molar-refractivity contribution in [1.82, 2.24) is 4.90 Å². The molecule has 0 fully saturated rings. The lowest BCUT2D eigenvalue weighted by Crippen LogP contribution is -2.27. The number of hydrogen-bond donors (Lipinski definition) is 1. The van der Waals surface area contributed by atoms with E-state index in [1.54, 1.807) is 0 Å². The van der Waals surface area contributed by atoms with Crippen LogP contribution in [0.4, 0.5) is 5.69 Å². The van der Waals surface area contributed by atoms with E-state index in [4.69, 9.17) is 0 Å². The van der Waals surface area contributed by atoms with E-state index in [0.29, 0.717) is 6.54 Å². The van der Waals surface area contributed by atoms with E-state index in [0.717, 1.165) is 16.8 Å². The fourth-order valence-corrected chi connectivity index (χ4v) is 1.84. The summed E-state index contributed by atoms with van der Waals surface area (Å²) in [7, 11) is 3.77. The average Bonchev–Trinajstić information content (AvgIpc) is 2.09. The second kappa shape index (κ2) is 5.12. The van der Waals surface area contributed by atoms with Gasteiger partial charge in [0.05, 0.1) is 6.54 Å². The Morgan fingerprint density at radius 3 is 2.12 bits per heavy atom. The van der Waals surface area contributed by atoms with E-state index >= 15 is 0 Å². The Hall–Kier alpha value is -1.35. The van der Waals surface area contributed by atoms with E-state index < -0.39 is 0 Å². The number of nitrogens with zero attached hydrogens (tertiary/aromatic N) is 1. The molecular weight excluding hydrogens is 200 g/mol. The summed E-state index contributed by atoms with van der Waals surface area (Å²) in [6, 6.07) is 4.16. The first-order chi connectivity index (χ1) is 7.40. The van der Waals surface area contributed by atoms with Crippen LogP contribution in [0, 0.1) is 20.8 Å². The first-order valence-electron chi connectivity index (χ1n) is 5.42. The number of benzene rings is 1. The lowest BCUT2D eigenvalue weighted by atomic mass is 10.1. The van der Waals surface area contributed by atoms with Crippen molar-refractivity contribution in [3.63, 3.8) is 0 Å². The number of carbonyl (C=O) groups excluding carboxylic acids is 1. The van der Waals surface area contributed by atoms with Gasteiger partial charge in [0.25, 0.3) is 0 Å². The minimum atomic E-state index is 0.0278. The molecule has 1 rings (SSSR count). The zero-order chi connectivity index (χ0) is 12.3. The quantitative estimate of drug-likeness (QED) is 0.846. The van der Waals surface area contributed by atoms with Crippen LogP contribution in [-0.2, 0) is 4.79 Å². The molecule has 0 unspecified atom stereocenters. The Morgan fingerprint density at radius 1 is 1.19 bits per heavy atom. The molecule has 0 radical (unpaired) electrons. The average molecular weight is 220 g/mol. The third-order valence-electron chi connectivity index (χ3n) is 2.40. The highest BCUT2D eigenvalue weighted by molar-refractivity contribution is 5.93. The molecule has 3 heteroatoms. The molecule has 1 amide bonds. The molecule has 1 aromatic rings. The van der Waals surface area contributed by atoms with Crippen LogP contribution in [0.25, 0.3) is 0 Å². The standard InChI is InChI=1S/C13H20N2O/c1-9-6-10(2)13(11(3)7-9)14-12(16)8-15(4)5/h6-7H,8H2,1-5H3,(H,14,16). The highest BCUT2D eigenvalue weighted by Gasteiger charge is 2.08. The van der Waals surface area contributed by atoms with Crippen LogP contribution < -0.4 is 5.32 Å². The van der Waals surface area contributed by atoms with Crippen molar-refractivity contribution in [3.05, 3.63) is 28.8 Å². The molecule has 0 spiro atoms. The van der Waals surface area contributed by atoms with Gasteiger partial charge in [-0.3, -0.25) is 4.79 Å². The molecule has 0 aliphatic heterocycles. The van der Waals surface area contributed by atoms with Gasteiger partial charge >= 0.3 is 0 Å². The van der Waals surface area contributed by atoms with Crippen molar-refractivity contribution in [2.24, 2.45) is 0 Å². The summed E-state index contributed by atoms with van der Waals surface area (Å²) in [5.74, 6) is 0.0278. The maximum atomic E-state index is 11.7. The topological polar surface area (TPSA) is 32.3 Å². The van der Waals surface area contributed by atoms with Crippen molar-refractivity contribution in [2.75, 3.05) is 26.0 Å². The lowest BCUT2D eigenvalue weighted by molar-refractivity contribution is -0.116. The molecule has 0 aromatic heterocycles. The van der Waals surface area contributed by atoms with E-state index in [2.05, 4.69) is 24.4 Å². The molecule has 0 heterocycles. The smallest absolute Gasteiger partial charge is 0.238 e. The van der Waals surface area contributed by atoms with Gasteiger partial charge < -0.3 is 10.2 Å². The van der Waals surface area contributed by atoms with Gasteiger partial charge in [-0.05, 0) is 46.0 Å². The van der Waals surface area contributed by atoms with Crippen LogP contribution in [0.3, 0.4) is 0 Å². The molecule has 0 aliphatic rings. The number of anilines is 1. The van der Waals surface area contributed by atoms with Crippen molar-refractivity contribution in [3.8, 4) is 0 Å². The summed E-state index contributed by atoms with van der Waals surface area (Å²) in [4.78, 5) is 13.5. The molecule has 1 aromatic carbocycles. The molecule has 0 atom stereocenters. The van der Waals surface area contributed by atoms with Crippen LogP contribution in [0.5, 0.6) is 0 Å². The Labute approximate surface area is 97.5 Å². The number of aryl methyl sites for hydroxylation is 3. The number of likely N-dealkylation sites (N-methyl/N-ethyl adjacent to an activating group) is 1. The number of amides is 1. The Morgan fingerprint density at radius 2 is 1.69 bits per heavy atom. The monoisotopic (exact) mass is 220 g/mol. The second-order valence-electron chi connectivity index (χ2n) is 4.56. The summed E-state index contributed by atoms with van der Waals surface area (Å²) in [5, 5.41) is 2.96. The Bertz CT molecular complexity index is 374. The first-order valence-corrected chi connectivity index (χ1v) is 5.42. The third-order valence-corrected chi connectivity index (χ3v) is 2.40. The molecule has 16 heavy (non-hydrogen) atoms. The fraction of sp³-hybridized carbons (Fsp3) is 0.462. The van der Waals surface area contributed by atoms with Crippen molar-refractivity contribution in [1.29, 1.82) is 0 Å². The van der Waals surface area contributed by atoms with Crippen molar-refractivity contribution >= 4 is 11.6 Å². The first kappa shape index (κ1) is 12.7. The van der Waals surface area contributed by atoms with Crippen molar-refractivity contribution < 1.29 is 4.79 Å². The van der Waals surface area contributed by atoms with Crippen LogP contribution in [-0.4, -0.2) is 31.4 Å². The van der Waals surface area contributed by atoms with Gasteiger partial charge in [-0.15, -0.1) is 0 Å². The number of rotatable bonds is 3. The molecule has 0 aliphatic carbocycles. The minimum absolute atomic E-state index is 0.0278. The van der Waals surface area contributed by atoms with Crippen LogP contribution in [0.15, 0.2) is 12.1 Å². The van der Waals surface area contributed by atoms with Gasteiger partial charge in [-0.25, -0.2) is 0 Å². The predicted molar refractivity (Wildman–Crippen MR) is 67.8 cm³/mol. The third kappa shape index (κ3) is 3.35. The van der Waals surface area contributed by atoms with Gasteiger partial charge in [-0.1, -0.05) is 17.7 Å². The van der Waals surface area contributed by atoms with Gasteiger partial charge in [0.2, 0.25) is 5.91 Å². The van der Waals surface area contributed by atoms with Crippen molar-refractivity contribution in [2.45, 2.75) is 20.8 Å².